The number of hydrogen-bond donors (Lipinski definition) is 0. The molecular formula is C29H24FN5O4. The number of aromatic nitrogens is 3. The van der Waals surface area contributed by atoms with Crippen LogP contribution in [0, 0.1) is 17.1 Å². The van der Waals surface area contributed by atoms with E-state index in [2.05, 4.69) is 21.2 Å². The lowest BCUT2D eigenvalue weighted by atomic mass is 10.1. The summed E-state index contributed by atoms with van der Waals surface area (Å²) in [7, 11) is 1.45. The number of benzene rings is 3. The third-order valence-electron chi connectivity index (χ3n) is 6.10. The standard InChI is InChI=1S/C29H24FN5O4/c1-37-26-18-20(7-12-25(26)39-28(36)21-8-10-23(30)11-9-21)17-22(19-31)27-32-33-29(34-13-15-38-16-14-34)35(27)24-5-3-2-4-6-24/h2-12,17-18H,13-16H2,1H3. The highest BCUT2D eigenvalue weighted by molar-refractivity contribution is 5.92. The van der Waals surface area contributed by atoms with Crippen molar-refractivity contribution in [3.05, 3.63) is 95.6 Å². The molecule has 0 N–H and O–H groups in total. The summed E-state index contributed by atoms with van der Waals surface area (Å²) in [5.41, 5.74) is 1.93. The first-order chi connectivity index (χ1) is 19.1. The van der Waals surface area contributed by atoms with E-state index in [-0.39, 0.29) is 22.6 Å². The number of carbonyl (C=O) groups is 1. The Morgan fingerprint density at radius 1 is 1.03 bits per heavy atom. The number of carbonyl (C=O) groups excluding carboxylic acids is 1. The van der Waals surface area contributed by atoms with Crippen LogP contribution in [0.3, 0.4) is 0 Å². The van der Waals surface area contributed by atoms with Crippen LogP contribution in [0.4, 0.5) is 10.3 Å². The van der Waals surface area contributed by atoms with Crippen molar-refractivity contribution in [2.24, 2.45) is 0 Å². The molecule has 0 amide bonds. The Morgan fingerprint density at radius 2 is 1.77 bits per heavy atom. The number of hydrogen-bond acceptors (Lipinski definition) is 8. The van der Waals surface area contributed by atoms with Crippen molar-refractivity contribution in [3.8, 4) is 23.3 Å². The highest BCUT2D eigenvalue weighted by Crippen LogP contribution is 2.31. The number of methoxy groups -OCH3 is 1. The summed E-state index contributed by atoms with van der Waals surface area (Å²) in [5.74, 6) is 0.381. The molecule has 1 aromatic heterocycles. The topological polar surface area (TPSA) is 102 Å². The predicted octanol–water partition coefficient (Wildman–Crippen LogP) is 4.53. The minimum Gasteiger partial charge on any atom is -0.493 e. The highest BCUT2D eigenvalue weighted by atomic mass is 19.1. The van der Waals surface area contributed by atoms with E-state index < -0.39 is 11.8 Å². The van der Waals surface area contributed by atoms with E-state index in [4.69, 9.17) is 14.2 Å². The Kier molecular flexibility index (Phi) is 7.61. The van der Waals surface area contributed by atoms with E-state index in [0.717, 1.165) is 5.69 Å². The Morgan fingerprint density at radius 3 is 2.46 bits per heavy atom. The smallest absolute Gasteiger partial charge is 0.343 e. The van der Waals surface area contributed by atoms with E-state index in [1.165, 1.54) is 31.4 Å². The molecule has 3 aromatic carbocycles. The van der Waals surface area contributed by atoms with Gasteiger partial charge in [0.25, 0.3) is 0 Å². The fourth-order valence-corrected chi connectivity index (χ4v) is 4.15. The van der Waals surface area contributed by atoms with Gasteiger partial charge in [-0.1, -0.05) is 24.3 Å². The Balaban J connectivity index is 1.48. The van der Waals surface area contributed by atoms with Crippen LogP contribution in [0.5, 0.6) is 11.5 Å². The number of ether oxygens (including phenoxy) is 3. The average Bonchev–Trinajstić information content (AvgIpc) is 3.43. The zero-order chi connectivity index (χ0) is 27.2. The van der Waals surface area contributed by atoms with Crippen molar-refractivity contribution in [2.75, 3.05) is 38.3 Å². The molecule has 1 aliphatic heterocycles. The lowest BCUT2D eigenvalue weighted by Crippen LogP contribution is -2.38. The summed E-state index contributed by atoms with van der Waals surface area (Å²) in [5, 5.41) is 18.9. The molecule has 0 saturated carbocycles. The highest BCUT2D eigenvalue weighted by Gasteiger charge is 2.23. The van der Waals surface area contributed by atoms with Crippen LogP contribution >= 0.6 is 0 Å². The molecule has 1 aliphatic rings. The van der Waals surface area contributed by atoms with Gasteiger partial charge in [-0.15, -0.1) is 10.2 Å². The molecule has 0 bridgehead atoms. The fraction of sp³-hybridized carbons (Fsp3) is 0.172. The van der Waals surface area contributed by atoms with Crippen LogP contribution < -0.4 is 14.4 Å². The number of nitrogens with zero attached hydrogens (tertiary/aromatic N) is 5. The molecule has 10 heteroatoms. The van der Waals surface area contributed by atoms with Crippen molar-refractivity contribution in [2.45, 2.75) is 0 Å². The molecule has 0 aliphatic carbocycles. The van der Waals surface area contributed by atoms with E-state index >= 15 is 0 Å². The molecule has 2 heterocycles. The van der Waals surface area contributed by atoms with Gasteiger partial charge < -0.3 is 19.1 Å². The van der Waals surface area contributed by atoms with Gasteiger partial charge in [0.15, 0.2) is 17.3 Å². The second kappa shape index (κ2) is 11.6. The number of morpholine rings is 1. The van der Waals surface area contributed by atoms with Crippen molar-refractivity contribution < 1.29 is 23.4 Å². The molecule has 39 heavy (non-hydrogen) atoms. The van der Waals surface area contributed by atoms with Crippen LogP contribution in [0.1, 0.15) is 21.7 Å². The number of para-hydroxylation sites is 1. The van der Waals surface area contributed by atoms with Gasteiger partial charge >= 0.3 is 5.97 Å². The first kappa shape index (κ1) is 25.6. The van der Waals surface area contributed by atoms with E-state index in [1.807, 2.05) is 34.9 Å². The molecule has 5 rings (SSSR count). The van der Waals surface area contributed by atoms with Gasteiger partial charge in [0.1, 0.15) is 11.9 Å². The van der Waals surface area contributed by atoms with Crippen LogP contribution in [-0.4, -0.2) is 54.1 Å². The Bertz CT molecular complexity index is 1540. The van der Waals surface area contributed by atoms with Crippen LogP contribution in [-0.2, 0) is 4.74 Å². The summed E-state index contributed by atoms with van der Waals surface area (Å²) >= 11 is 0. The van der Waals surface area contributed by atoms with Crippen LogP contribution in [0.15, 0.2) is 72.8 Å². The number of esters is 1. The third kappa shape index (κ3) is 5.63. The van der Waals surface area contributed by atoms with Gasteiger partial charge in [-0.2, -0.15) is 5.26 Å². The minimum absolute atomic E-state index is 0.185. The second-order valence-electron chi connectivity index (χ2n) is 8.57. The zero-order valence-corrected chi connectivity index (χ0v) is 21.1. The normalized spacial score (nSPS) is 13.6. The van der Waals surface area contributed by atoms with Gasteiger partial charge in [-0.3, -0.25) is 4.57 Å². The molecule has 196 valence electrons. The molecule has 0 unspecified atom stereocenters. The second-order valence-corrected chi connectivity index (χ2v) is 8.57. The van der Waals surface area contributed by atoms with Crippen LogP contribution in [0.2, 0.25) is 0 Å². The van der Waals surface area contributed by atoms with E-state index in [0.29, 0.717) is 43.6 Å². The fourth-order valence-electron chi connectivity index (χ4n) is 4.15. The predicted molar refractivity (Wildman–Crippen MR) is 142 cm³/mol. The molecular weight excluding hydrogens is 501 g/mol. The number of rotatable bonds is 7. The lowest BCUT2D eigenvalue weighted by Gasteiger charge is -2.28. The lowest BCUT2D eigenvalue weighted by molar-refractivity contribution is 0.0729. The summed E-state index contributed by atoms with van der Waals surface area (Å²) in [6.45, 7) is 2.48. The zero-order valence-electron chi connectivity index (χ0n) is 21.1. The quantitative estimate of drug-likeness (QED) is 0.197. The number of nitriles is 1. The van der Waals surface area contributed by atoms with Crippen molar-refractivity contribution in [1.29, 1.82) is 5.26 Å². The maximum atomic E-state index is 13.2. The van der Waals surface area contributed by atoms with E-state index in [1.54, 1.807) is 24.3 Å². The monoisotopic (exact) mass is 525 g/mol. The van der Waals surface area contributed by atoms with Crippen molar-refractivity contribution >= 4 is 23.6 Å². The minimum atomic E-state index is -0.652. The number of halogens is 1. The van der Waals surface area contributed by atoms with Crippen molar-refractivity contribution in [1.82, 2.24) is 14.8 Å². The van der Waals surface area contributed by atoms with Gasteiger partial charge in [-0.25, -0.2) is 9.18 Å². The van der Waals surface area contributed by atoms with Gasteiger partial charge in [0.2, 0.25) is 5.95 Å². The Labute approximate surface area is 224 Å². The molecule has 1 saturated heterocycles. The SMILES string of the molecule is COc1cc(C=C(C#N)c2nnc(N3CCOCC3)n2-c2ccccc2)ccc1OC(=O)c1ccc(F)cc1. The third-order valence-corrected chi connectivity index (χ3v) is 6.10. The summed E-state index contributed by atoms with van der Waals surface area (Å²) in [6, 6.07) is 21.8. The largest absolute Gasteiger partial charge is 0.493 e. The molecule has 0 atom stereocenters. The van der Waals surface area contributed by atoms with Gasteiger partial charge in [-0.05, 0) is 60.2 Å². The number of anilines is 1. The van der Waals surface area contributed by atoms with Gasteiger partial charge in [0, 0.05) is 13.1 Å². The molecule has 1 fully saturated rings. The average molecular weight is 526 g/mol. The first-order valence-electron chi connectivity index (χ1n) is 12.2. The number of allylic oxidation sites excluding steroid dienone is 1. The van der Waals surface area contributed by atoms with E-state index in [9.17, 15) is 14.4 Å². The maximum absolute atomic E-state index is 13.2. The Hall–Kier alpha value is -5.01. The molecule has 9 nitrogen and oxygen atoms in total. The summed E-state index contributed by atoms with van der Waals surface area (Å²) in [6.07, 6.45) is 1.67. The first-order valence-corrected chi connectivity index (χ1v) is 12.2. The van der Waals surface area contributed by atoms with Gasteiger partial charge in [0.05, 0.1) is 37.1 Å². The molecule has 4 aromatic rings. The van der Waals surface area contributed by atoms with Crippen molar-refractivity contribution in [3.63, 3.8) is 0 Å². The summed E-state index contributed by atoms with van der Waals surface area (Å²) in [4.78, 5) is 14.6. The van der Waals surface area contributed by atoms with Crippen LogP contribution in [0.25, 0.3) is 17.3 Å². The molecule has 0 spiro atoms. The summed E-state index contributed by atoms with van der Waals surface area (Å²) < 4.78 is 31.4. The molecule has 0 radical (unpaired) electrons. The maximum Gasteiger partial charge on any atom is 0.343 e.